The lowest BCUT2D eigenvalue weighted by Gasteiger charge is -2.01. The van der Waals surface area contributed by atoms with E-state index in [1.54, 1.807) is 24.3 Å². The molecule has 0 bridgehead atoms. The van der Waals surface area contributed by atoms with E-state index in [0.29, 0.717) is 16.3 Å². The number of anilines is 1. The molecule has 1 aromatic carbocycles. The van der Waals surface area contributed by atoms with Crippen molar-refractivity contribution < 1.29 is 4.79 Å². The number of aromatic nitrogens is 1. The van der Waals surface area contributed by atoms with Gasteiger partial charge >= 0.3 is 0 Å². The van der Waals surface area contributed by atoms with Gasteiger partial charge in [0.25, 0.3) is 5.91 Å². The first-order valence-electron chi connectivity index (χ1n) is 4.92. The van der Waals surface area contributed by atoms with E-state index >= 15 is 0 Å². The van der Waals surface area contributed by atoms with Gasteiger partial charge in [-0.2, -0.15) is 5.26 Å². The number of aryl methyl sites for hydroxylation is 1. The second-order valence-electron chi connectivity index (χ2n) is 3.44. The minimum Gasteiger partial charge on any atom is -0.298 e. The van der Waals surface area contributed by atoms with Crippen LogP contribution in [0.25, 0.3) is 0 Å². The third-order valence-corrected chi connectivity index (χ3v) is 2.99. The molecule has 1 heterocycles. The molecular weight excluding hydrogens is 234 g/mol. The maximum atomic E-state index is 11.8. The number of carbonyl (C=O) groups is 1. The Balaban J connectivity index is 2.12. The number of carbonyl (C=O) groups excluding carboxylic acids is 1. The summed E-state index contributed by atoms with van der Waals surface area (Å²) in [6.07, 6.45) is 0. The molecule has 17 heavy (non-hydrogen) atoms. The molecule has 1 amide bonds. The molecule has 0 saturated carbocycles. The predicted molar refractivity (Wildman–Crippen MR) is 66.0 cm³/mol. The molecule has 0 aliphatic carbocycles. The molecule has 0 unspecified atom stereocenters. The number of nitriles is 1. The van der Waals surface area contributed by atoms with Crippen LogP contribution < -0.4 is 5.32 Å². The van der Waals surface area contributed by atoms with E-state index in [2.05, 4.69) is 10.3 Å². The molecule has 0 atom stereocenters. The average molecular weight is 243 g/mol. The van der Waals surface area contributed by atoms with E-state index in [1.165, 1.54) is 11.3 Å². The van der Waals surface area contributed by atoms with Crippen LogP contribution in [0.3, 0.4) is 0 Å². The second-order valence-corrected chi connectivity index (χ2v) is 4.30. The zero-order valence-electron chi connectivity index (χ0n) is 9.10. The Labute approximate surface area is 103 Å². The lowest BCUT2D eigenvalue weighted by molar-refractivity contribution is 0.102. The average Bonchev–Trinajstić information content (AvgIpc) is 2.75. The van der Waals surface area contributed by atoms with E-state index in [1.807, 2.05) is 18.4 Å². The van der Waals surface area contributed by atoms with Crippen LogP contribution in [0.4, 0.5) is 5.13 Å². The first-order valence-corrected chi connectivity index (χ1v) is 5.80. The second kappa shape index (κ2) is 4.76. The normalized spacial score (nSPS) is 9.65. The van der Waals surface area contributed by atoms with Crippen LogP contribution >= 0.6 is 11.3 Å². The van der Waals surface area contributed by atoms with Crippen molar-refractivity contribution in [2.45, 2.75) is 6.92 Å². The molecule has 4 nitrogen and oxygen atoms in total. The topological polar surface area (TPSA) is 65.8 Å². The van der Waals surface area contributed by atoms with E-state index in [-0.39, 0.29) is 5.91 Å². The predicted octanol–water partition coefficient (Wildman–Crippen LogP) is 2.58. The summed E-state index contributed by atoms with van der Waals surface area (Å²) in [6, 6.07) is 8.47. The highest BCUT2D eigenvalue weighted by molar-refractivity contribution is 7.13. The van der Waals surface area contributed by atoms with E-state index in [0.717, 1.165) is 5.69 Å². The Bertz CT molecular complexity index is 581. The first-order chi connectivity index (χ1) is 8.19. The van der Waals surface area contributed by atoms with Gasteiger partial charge in [0.2, 0.25) is 0 Å². The van der Waals surface area contributed by atoms with Crippen LogP contribution in [0.15, 0.2) is 29.6 Å². The SMILES string of the molecule is Cc1csc(NC(=O)c2ccc(C#N)cc2)n1. The van der Waals surface area contributed by atoms with Gasteiger partial charge in [-0.05, 0) is 31.2 Å². The number of benzene rings is 1. The quantitative estimate of drug-likeness (QED) is 0.881. The minimum absolute atomic E-state index is 0.219. The van der Waals surface area contributed by atoms with Crippen molar-refractivity contribution in [2.24, 2.45) is 0 Å². The Hall–Kier alpha value is -2.19. The maximum absolute atomic E-state index is 11.8. The maximum Gasteiger partial charge on any atom is 0.257 e. The van der Waals surface area contributed by atoms with Crippen molar-refractivity contribution in [3.8, 4) is 6.07 Å². The van der Waals surface area contributed by atoms with Crippen LogP contribution in [-0.4, -0.2) is 10.9 Å². The first kappa shape index (κ1) is 11.3. The summed E-state index contributed by atoms with van der Waals surface area (Å²) in [5.74, 6) is -0.219. The van der Waals surface area contributed by atoms with Crippen LogP contribution in [0, 0.1) is 18.3 Å². The van der Waals surface area contributed by atoms with Crippen LogP contribution in [0.2, 0.25) is 0 Å². The lowest BCUT2D eigenvalue weighted by atomic mass is 10.1. The molecule has 0 radical (unpaired) electrons. The van der Waals surface area contributed by atoms with Crippen molar-refractivity contribution in [3.05, 3.63) is 46.5 Å². The van der Waals surface area contributed by atoms with Crippen molar-refractivity contribution in [2.75, 3.05) is 5.32 Å². The molecule has 1 aromatic heterocycles. The third-order valence-electron chi connectivity index (χ3n) is 2.12. The summed E-state index contributed by atoms with van der Waals surface area (Å²) in [5, 5.41) is 13.8. The smallest absolute Gasteiger partial charge is 0.257 e. The summed E-state index contributed by atoms with van der Waals surface area (Å²) >= 11 is 1.38. The highest BCUT2D eigenvalue weighted by Crippen LogP contribution is 2.15. The molecule has 0 saturated heterocycles. The van der Waals surface area contributed by atoms with Gasteiger partial charge < -0.3 is 0 Å². The van der Waals surface area contributed by atoms with E-state index in [4.69, 9.17) is 5.26 Å². The molecule has 0 fully saturated rings. The minimum atomic E-state index is -0.219. The summed E-state index contributed by atoms with van der Waals surface area (Å²) in [5.41, 5.74) is 1.92. The van der Waals surface area contributed by atoms with Gasteiger partial charge in [-0.1, -0.05) is 0 Å². The Morgan fingerprint density at radius 3 is 2.65 bits per heavy atom. The Morgan fingerprint density at radius 2 is 2.12 bits per heavy atom. The third kappa shape index (κ3) is 2.68. The van der Waals surface area contributed by atoms with Gasteiger partial charge in [0.1, 0.15) is 0 Å². The Morgan fingerprint density at radius 1 is 1.41 bits per heavy atom. The lowest BCUT2D eigenvalue weighted by Crippen LogP contribution is -2.11. The summed E-state index contributed by atoms with van der Waals surface area (Å²) < 4.78 is 0. The zero-order valence-corrected chi connectivity index (χ0v) is 9.91. The van der Waals surface area contributed by atoms with Crippen molar-refractivity contribution in [3.63, 3.8) is 0 Å². The van der Waals surface area contributed by atoms with Gasteiger partial charge in [0.15, 0.2) is 5.13 Å². The molecule has 2 rings (SSSR count). The fraction of sp³-hybridized carbons (Fsp3) is 0.0833. The fourth-order valence-electron chi connectivity index (χ4n) is 1.28. The van der Waals surface area contributed by atoms with E-state index in [9.17, 15) is 4.79 Å². The number of thiazole rings is 1. The van der Waals surface area contributed by atoms with Crippen molar-refractivity contribution >= 4 is 22.4 Å². The number of hydrogen-bond donors (Lipinski definition) is 1. The monoisotopic (exact) mass is 243 g/mol. The highest BCUT2D eigenvalue weighted by atomic mass is 32.1. The summed E-state index contributed by atoms with van der Waals surface area (Å²) in [4.78, 5) is 15.9. The van der Waals surface area contributed by atoms with Crippen LogP contribution in [0.5, 0.6) is 0 Å². The summed E-state index contributed by atoms with van der Waals surface area (Å²) in [6.45, 7) is 1.87. The highest BCUT2D eigenvalue weighted by Gasteiger charge is 2.07. The fourth-order valence-corrected chi connectivity index (χ4v) is 1.96. The van der Waals surface area contributed by atoms with Gasteiger partial charge in [0.05, 0.1) is 17.3 Å². The number of nitrogens with zero attached hydrogens (tertiary/aromatic N) is 2. The van der Waals surface area contributed by atoms with Gasteiger partial charge in [-0.15, -0.1) is 11.3 Å². The van der Waals surface area contributed by atoms with Gasteiger partial charge in [-0.3, -0.25) is 10.1 Å². The van der Waals surface area contributed by atoms with Crippen LogP contribution in [-0.2, 0) is 0 Å². The zero-order chi connectivity index (χ0) is 12.3. The van der Waals surface area contributed by atoms with Crippen molar-refractivity contribution in [1.82, 2.24) is 4.98 Å². The number of hydrogen-bond acceptors (Lipinski definition) is 4. The molecule has 84 valence electrons. The molecular formula is C12H9N3OS. The Kier molecular flexibility index (Phi) is 3.17. The van der Waals surface area contributed by atoms with Crippen LogP contribution in [0.1, 0.15) is 21.6 Å². The molecule has 0 spiro atoms. The number of rotatable bonds is 2. The standard InChI is InChI=1S/C12H9N3OS/c1-8-7-17-12(14-8)15-11(16)10-4-2-9(6-13)3-5-10/h2-5,7H,1H3,(H,14,15,16). The molecule has 0 aliphatic rings. The number of nitrogens with one attached hydrogen (secondary N) is 1. The van der Waals surface area contributed by atoms with Gasteiger partial charge in [0, 0.05) is 10.9 Å². The van der Waals surface area contributed by atoms with Gasteiger partial charge in [-0.25, -0.2) is 4.98 Å². The summed E-state index contributed by atoms with van der Waals surface area (Å²) in [7, 11) is 0. The van der Waals surface area contributed by atoms with E-state index < -0.39 is 0 Å². The molecule has 1 N–H and O–H groups in total. The number of amides is 1. The van der Waals surface area contributed by atoms with Crippen molar-refractivity contribution in [1.29, 1.82) is 5.26 Å². The largest absolute Gasteiger partial charge is 0.298 e. The molecule has 0 aliphatic heterocycles. The molecule has 2 aromatic rings. The molecule has 5 heteroatoms.